The molecule has 1 nitrogen and oxygen atoms in total. The minimum absolute atomic E-state index is 0. The van der Waals surface area contributed by atoms with Gasteiger partial charge in [0.1, 0.15) is 5.75 Å². The van der Waals surface area contributed by atoms with E-state index in [1.807, 2.05) is 32.1 Å². The van der Waals surface area contributed by atoms with E-state index in [-0.39, 0.29) is 72.4 Å². The summed E-state index contributed by atoms with van der Waals surface area (Å²) in [4.78, 5) is 0. The molecule has 1 aromatic rings. The van der Waals surface area contributed by atoms with E-state index in [4.69, 9.17) is 5.11 Å². The second-order valence-corrected chi connectivity index (χ2v) is 3.35. The minimum atomic E-state index is 0. The normalized spacial score (nSPS) is 8.70. The van der Waals surface area contributed by atoms with E-state index < -0.39 is 0 Å². The fourth-order valence-electron chi connectivity index (χ4n) is 1.29. The third-order valence-corrected chi connectivity index (χ3v) is 1.79. The average molecular weight is 369 g/mol. The van der Waals surface area contributed by atoms with Crippen LogP contribution in [0.3, 0.4) is 0 Å². The second-order valence-electron chi connectivity index (χ2n) is 3.35. The van der Waals surface area contributed by atoms with Crippen LogP contribution in [0, 0.1) is 34.8 Å². The Labute approximate surface area is 156 Å². The Morgan fingerprint density at radius 1 is 1.00 bits per heavy atom. The van der Waals surface area contributed by atoms with Crippen molar-refractivity contribution in [2.75, 3.05) is 0 Å². The Balaban J connectivity index is -0.0000000403. The number of aryl methyl sites for hydroxylation is 2. The summed E-state index contributed by atoms with van der Waals surface area (Å²) in [6, 6.07) is 5.51. The van der Waals surface area contributed by atoms with E-state index >= 15 is 0 Å². The zero-order valence-electron chi connectivity index (χ0n) is 12.9. The van der Waals surface area contributed by atoms with E-state index in [1.165, 1.54) is 0 Å². The van der Waals surface area contributed by atoms with Gasteiger partial charge < -0.3 is 20.0 Å². The summed E-state index contributed by atoms with van der Waals surface area (Å²) < 4.78 is 0. The molecule has 114 valence electrons. The van der Waals surface area contributed by atoms with Crippen LogP contribution in [0.15, 0.2) is 36.4 Å². The molecule has 0 aromatic heterocycles. The molecule has 20 heavy (non-hydrogen) atoms. The van der Waals surface area contributed by atoms with Gasteiger partial charge >= 0.3 is 21.7 Å². The molecule has 0 unspecified atom stereocenters. The monoisotopic (exact) mass is 368 g/mol. The first kappa shape index (κ1) is 36.8. The van der Waals surface area contributed by atoms with Gasteiger partial charge in [-0.15, -0.1) is 31.2 Å². The van der Waals surface area contributed by atoms with E-state index in [2.05, 4.69) is 12.2 Å². The number of hydrogen-bond donors (Lipinski definition) is 1. The molecule has 1 N–H and O–H groups in total. The van der Waals surface area contributed by atoms with Gasteiger partial charge in [-0.3, -0.25) is 6.08 Å². The largest absolute Gasteiger partial charge is 3.00 e. The summed E-state index contributed by atoms with van der Waals surface area (Å²) >= 11 is 0. The number of benzene rings is 1. The Hall–Kier alpha value is 0.0112. The number of hydrogen-bond acceptors (Lipinski definition) is 1. The summed E-state index contributed by atoms with van der Waals surface area (Å²) in [5.41, 5.74) is 2.21. The SMILES string of the molecule is Cc1cc(C)cc(O)c1.Cl.Cl.[C-]1=CC=CC1.[CH3-].[CH3-].[SiH3].[Ti+3]. The van der Waals surface area contributed by atoms with Crippen molar-refractivity contribution >= 4 is 35.8 Å². The van der Waals surface area contributed by atoms with Gasteiger partial charge in [0.2, 0.25) is 0 Å². The molecule has 0 amide bonds. The van der Waals surface area contributed by atoms with Crippen molar-refractivity contribution in [3.63, 3.8) is 0 Å². The van der Waals surface area contributed by atoms with Crippen molar-refractivity contribution < 1.29 is 26.8 Å². The first-order valence-electron chi connectivity index (χ1n) is 4.67. The van der Waals surface area contributed by atoms with Crippen molar-refractivity contribution in [2.24, 2.45) is 0 Å². The number of aromatic hydroxyl groups is 1. The van der Waals surface area contributed by atoms with Crippen LogP contribution in [0.4, 0.5) is 0 Å². The number of allylic oxidation sites excluding steroid dienone is 4. The van der Waals surface area contributed by atoms with Crippen LogP contribution in [0.25, 0.3) is 0 Å². The summed E-state index contributed by atoms with van der Waals surface area (Å²) in [5.74, 6) is 0.354. The number of rotatable bonds is 0. The molecule has 0 atom stereocenters. The van der Waals surface area contributed by atoms with Crippen LogP contribution in [0.2, 0.25) is 0 Å². The third kappa shape index (κ3) is 18.0. The summed E-state index contributed by atoms with van der Waals surface area (Å²) in [6.45, 7) is 3.93. The van der Waals surface area contributed by atoms with E-state index in [0.717, 1.165) is 17.5 Å². The van der Waals surface area contributed by atoms with Gasteiger partial charge in [0.15, 0.2) is 0 Å². The van der Waals surface area contributed by atoms with Gasteiger partial charge in [-0.05, 0) is 48.1 Å². The molecule has 0 aliphatic heterocycles. The molecule has 1 aromatic carbocycles. The maximum Gasteiger partial charge on any atom is 3.00 e. The Bertz CT molecular complexity index is 308. The fraction of sp³-hybridized carbons (Fsp3) is 0.200. The van der Waals surface area contributed by atoms with Crippen LogP contribution >= 0.6 is 24.8 Å². The van der Waals surface area contributed by atoms with Crippen molar-refractivity contribution in [2.45, 2.75) is 20.3 Å². The summed E-state index contributed by atoms with van der Waals surface area (Å²) in [5, 5.41) is 8.99. The summed E-state index contributed by atoms with van der Waals surface area (Å²) in [7, 11) is 0. The Morgan fingerprint density at radius 3 is 1.65 bits per heavy atom. The molecule has 0 heterocycles. The molecular weight excluding hydrogens is 343 g/mol. The van der Waals surface area contributed by atoms with Crippen LogP contribution in [0.5, 0.6) is 5.75 Å². The molecule has 2 radical (unpaired) electrons. The number of halogens is 2. The molecule has 1 aliphatic rings. The van der Waals surface area contributed by atoms with Crippen molar-refractivity contribution in [3.05, 3.63) is 68.5 Å². The molecule has 2 rings (SSSR count). The number of phenols is 1. The topological polar surface area (TPSA) is 20.2 Å². The average Bonchev–Trinajstić information content (AvgIpc) is 2.56. The van der Waals surface area contributed by atoms with E-state index in [9.17, 15) is 0 Å². The molecule has 1 aliphatic carbocycles. The van der Waals surface area contributed by atoms with Gasteiger partial charge in [0.25, 0.3) is 0 Å². The smallest absolute Gasteiger partial charge is 0.508 e. The molecule has 0 bridgehead atoms. The zero-order valence-corrected chi connectivity index (χ0v) is 18.1. The van der Waals surface area contributed by atoms with Crippen molar-refractivity contribution in [1.82, 2.24) is 0 Å². The molecule has 0 spiro atoms. The van der Waals surface area contributed by atoms with E-state index in [1.54, 1.807) is 12.1 Å². The van der Waals surface area contributed by atoms with Crippen molar-refractivity contribution in [3.8, 4) is 5.75 Å². The minimum Gasteiger partial charge on any atom is -0.508 e. The molecule has 0 saturated heterocycles. The molecule has 5 heteroatoms. The first-order valence-corrected chi connectivity index (χ1v) is 4.67. The third-order valence-electron chi connectivity index (χ3n) is 1.79. The predicted octanol–water partition coefficient (Wildman–Crippen LogP) is 3.87. The van der Waals surface area contributed by atoms with Crippen LogP contribution in [0.1, 0.15) is 17.5 Å². The standard InChI is InChI=1S/C8H10O.C5H5.2CH3.2ClH.H3Si.Ti/c1-6-3-7(2)5-8(9)4-6;1-2-4-5-3-1;;;;;;/h3-5,9H,1-2H3;1-3H,4H2;2*1H3;2*1H;1H3;/q;3*-1;;;;+3. The molecule has 0 saturated carbocycles. The molecule has 0 fully saturated rings. The zero-order chi connectivity index (χ0) is 10.4. The van der Waals surface area contributed by atoms with Gasteiger partial charge in [-0.25, -0.2) is 12.2 Å². The fourth-order valence-corrected chi connectivity index (χ4v) is 1.29. The summed E-state index contributed by atoms with van der Waals surface area (Å²) in [6.07, 6.45) is 10.0. The van der Waals surface area contributed by atoms with Crippen LogP contribution in [-0.4, -0.2) is 16.1 Å². The van der Waals surface area contributed by atoms with E-state index in [0.29, 0.717) is 5.75 Å². The van der Waals surface area contributed by atoms with Gasteiger partial charge in [-0.2, -0.15) is 6.08 Å². The Kier molecular flexibility index (Phi) is 39.3. The van der Waals surface area contributed by atoms with Crippen LogP contribution < -0.4 is 0 Å². The number of phenolic OH excluding ortho intramolecular Hbond substituents is 1. The Morgan fingerprint density at radius 2 is 1.45 bits per heavy atom. The second kappa shape index (κ2) is 21.3. The van der Waals surface area contributed by atoms with Crippen LogP contribution in [-0.2, 0) is 21.7 Å². The quantitative estimate of drug-likeness (QED) is 0.544. The van der Waals surface area contributed by atoms with Gasteiger partial charge in [0.05, 0.1) is 0 Å². The van der Waals surface area contributed by atoms with Gasteiger partial charge in [-0.1, -0.05) is 6.07 Å². The molecular formula is C15H26Cl2OSiTi. The first-order chi connectivity index (χ1) is 6.68. The van der Waals surface area contributed by atoms with Gasteiger partial charge in [0, 0.05) is 0 Å². The van der Waals surface area contributed by atoms with Crippen molar-refractivity contribution in [1.29, 1.82) is 0 Å². The maximum atomic E-state index is 8.99. The maximum absolute atomic E-state index is 8.99. The predicted molar refractivity (Wildman–Crippen MR) is 96.4 cm³/mol.